The number of piperazine rings is 1. The van der Waals surface area contributed by atoms with Gasteiger partial charge in [0.1, 0.15) is 17.6 Å². The highest BCUT2D eigenvalue weighted by Gasteiger charge is 2.25. The Balaban J connectivity index is 1.16. The van der Waals surface area contributed by atoms with Gasteiger partial charge in [0.15, 0.2) is 5.76 Å². The maximum absolute atomic E-state index is 13.2. The van der Waals surface area contributed by atoms with Crippen molar-refractivity contribution in [3.05, 3.63) is 75.5 Å². The molecular formula is C30H36ClN3O3. The summed E-state index contributed by atoms with van der Waals surface area (Å²) in [5.74, 6) is 1.87. The lowest BCUT2D eigenvalue weighted by Crippen LogP contribution is -2.48. The van der Waals surface area contributed by atoms with Crippen LogP contribution >= 0.6 is 11.6 Å². The van der Waals surface area contributed by atoms with Crippen LogP contribution in [0.4, 0.5) is 0 Å². The van der Waals surface area contributed by atoms with E-state index in [-0.39, 0.29) is 12.0 Å². The smallest absolute Gasteiger partial charge is 0.289 e. The standard InChI is InChI=1S/C30H36ClN3O3/c1-20-16-21(2)29(22(3)17-20)27-6-7-28(37-27)30(35)34-14-12-33(13-15-34)19-23-4-5-26(25(31)18-23)36-24-8-10-32-11-9-24/h4-7,16-18,24,32H,8-15,19H2,1-3H3. The summed E-state index contributed by atoms with van der Waals surface area (Å²) in [7, 11) is 0. The van der Waals surface area contributed by atoms with Crippen LogP contribution in [0.5, 0.6) is 5.75 Å². The number of piperidine rings is 1. The molecule has 1 amide bonds. The number of nitrogens with zero attached hydrogens (tertiary/aromatic N) is 2. The van der Waals surface area contributed by atoms with Gasteiger partial charge in [-0.15, -0.1) is 0 Å². The van der Waals surface area contributed by atoms with Crippen molar-refractivity contribution in [1.29, 1.82) is 0 Å². The van der Waals surface area contributed by atoms with Crippen molar-refractivity contribution in [2.75, 3.05) is 39.3 Å². The highest BCUT2D eigenvalue weighted by atomic mass is 35.5. The van der Waals surface area contributed by atoms with Gasteiger partial charge in [-0.25, -0.2) is 0 Å². The van der Waals surface area contributed by atoms with Gasteiger partial charge >= 0.3 is 0 Å². The molecule has 0 atom stereocenters. The van der Waals surface area contributed by atoms with Crippen LogP contribution in [-0.2, 0) is 6.54 Å². The molecule has 5 rings (SSSR count). The van der Waals surface area contributed by atoms with E-state index >= 15 is 0 Å². The van der Waals surface area contributed by atoms with E-state index in [1.807, 2.05) is 23.1 Å². The van der Waals surface area contributed by atoms with Crippen molar-refractivity contribution in [2.24, 2.45) is 0 Å². The summed E-state index contributed by atoms with van der Waals surface area (Å²) in [5.41, 5.74) is 5.77. The Morgan fingerprint density at radius 1 is 1.00 bits per heavy atom. The topological polar surface area (TPSA) is 58.0 Å². The van der Waals surface area contributed by atoms with E-state index in [1.54, 1.807) is 6.07 Å². The van der Waals surface area contributed by atoms with E-state index in [1.165, 1.54) is 5.56 Å². The number of benzene rings is 2. The monoisotopic (exact) mass is 521 g/mol. The lowest BCUT2D eigenvalue weighted by Gasteiger charge is -2.34. The lowest BCUT2D eigenvalue weighted by molar-refractivity contribution is 0.0598. The Kier molecular flexibility index (Phi) is 7.89. The van der Waals surface area contributed by atoms with E-state index < -0.39 is 0 Å². The second-order valence-electron chi connectivity index (χ2n) is 10.3. The van der Waals surface area contributed by atoms with Gasteiger partial charge in [0, 0.05) is 38.3 Å². The van der Waals surface area contributed by atoms with E-state index in [9.17, 15) is 4.79 Å². The zero-order valence-corrected chi connectivity index (χ0v) is 22.7. The summed E-state index contributed by atoms with van der Waals surface area (Å²) < 4.78 is 12.2. The van der Waals surface area contributed by atoms with Crippen LogP contribution in [0.2, 0.25) is 5.02 Å². The normalized spacial score (nSPS) is 17.2. The highest BCUT2D eigenvalue weighted by Crippen LogP contribution is 2.31. The Morgan fingerprint density at radius 3 is 2.38 bits per heavy atom. The number of carbonyl (C=O) groups excluding carboxylic acids is 1. The highest BCUT2D eigenvalue weighted by molar-refractivity contribution is 6.32. The van der Waals surface area contributed by atoms with Gasteiger partial charge in [0.05, 0.1) is 5.02 Å². The molecule has 2 aromatic carbocycles. The molecule has 196 valence electrons. The molecule has 0 radical (unpaired) electrons. The molecule has 6 nitrogen and oxygen atoms in total. The number of hydrogen-bond acceptors (Lipinski definition) is 5. The van der Waals surface area contributed by atoms with Gasteiger partial charge in [-0.2, -0.15) is 0 Å². The second-order valence-corrected chi connectivity index (χ2v) is 10.7. The fourth-order valence-electron chi connectivity index (χ4n) is 5.51. The number of carbonyl (C=O) groups is 1. The van der Waals surface area contributed by atoms with Gasteiger partial charge < -0.3 is 19.4 Å². The number of furan rings is 1. The summed E-state index contributed by atoms with van der Waals surface area (Å²) in [5, 5.41) is 4.02. The Morgan fingerprint density at radius 2 is 1.70 bits per heavy atom. The van der Waals surface area contributed by atoms with Gasteiger partial charge in [-0.05, 0) is 87.7 Å². The minimum atomic E-state index is -0.0456. The summed E-state index contributed by atoms with van der Waals surface area (Å²) >= 11 is 6.55. The van der Waals surface area contributed by atoms with Crippen molar-refractivity contribution in [3.8, 4) is 17.1 Å². The minimum absolute atomic E-state index is 0.0456. The molecule has 1 aromatic heterocycles. The first-order chi connectivity index (χ1) is 17.9. The number of nitrogens with one attached hydrogen (secondary N) is 1. The zero-order chi connectivity index (χ0) is 25.9. The summed E-state index contributed by atoms with van der Waals surface area (Å²) in [6.07, 6.45) is 2.24. The average molecular weight is 522 g/mol. The molecule has 2 aliphatic rings. The third-order valence-electron chi connectivity index (χ3n) is 7.38. The Hall–Kier alpha value is -2.80. The maximum atomic E-state index is 13.2. The van der Waals surface area contributed by atoms with Crippen LogP contribution in [0.25, 0.3) is 11.3 Å². The van der Waals surface area contributed by atoms with Crippen molar-refractivity contribution in [3.63, 3.8) is 0 Å². The van der Waals surface area contributed by atoms with Crippen LogP contribution < -0.4 is 10.1 Å². The Bertz CT molecular complexity index is 1230. The first-order valence-corrected chi connectivity index (χ1v) is 13.6. The predicted molar refractivity (Wildman–Crippen MR) is 148 cm³/mol. The quantitative estimate of drug-likeness (QED) is 0.456. The molecule has 37 heavy (non-hydrogen) atoms. The number of rotatable bonds is 6. The van der Waals surface area contributed by atoms with Crippen LogP contribution in [0.1, 0.15) is 45.7 Å². The molecular weight excluding hydrogens is 486 g/mol. The fourth-order valence-corrected chi connectivity index (χ4v) is 5.76. The molecule has 0 unspecified atom stereocenters. The molecule has 3 aromatic rings. The number of hydrogen-bond donors (Lipinski definition) is 1. The summed E-state index contributed by atoms with van der Waals surface area (Å²) in [4.78, 5) is 17.4. The van der Waals surface area contributed by atoms with Gasteiger partial charge in [-0.3, -0.25) is 9.69 Å². The fraction of sp³-hybridized carbons (Fsp3) is 0.433. The molecule has 2 fully saturated rings. The van der Waals surface area contributed by atoms with Crippen LogP contribution in [0.15, 0.2) is 46.9 Å². The van der Waals surface area contributed by atoms with Crippen molar-refractivity contribution in [2.45, 2.75) is 46.3 Å². The molecule has 7 heteroatoms. The lowest BCUT2D eigenvalue weighted by atomic mass is 9.98. The number of ether oxygens (including phenoxy) is 1. The van der Waals surface area contributed by atoms with Crippen molar-refractivity contribution in [1.82, 2.24) is 15.1 Å². The third kappa shape index (κ3) is 6.03. The van der Waals surface area contributed by atoms with Crippen LogP contribution in [0.3, 0.4) is 0 Å². The zero-order valence-electron chi connectivity index (χ0n) is 22.0. The van der Waals surface area contributed by atoms with E-state index in [4.69, 9.17) is 20.8 Å². The van der Waals surface area contributed by atoms with Crippen LogP contribution in [-0.4, -0.2) is 61.1 Å². The second kappa shape index (κ2) is 11.3. The van der Waals surface area contributed by atoms with Crippen molar-refractivity contribution >= 4 is 17.5 Å². The van der Waals surface area contributed by atoms with E-state index in [2.05, 4.69) is 49.2 Å². The third-order valence-corrected chi connectivity index (χ3v) is 7.68. The van der Waals surface area contributed by atoms with E-state index in [0.29, 0.717) is 23.9 Å². The SMILES string of the molecule is Cc1cc(C)c(-c2ccc(C(=O)N3CCN(Cc4ccc(OC5CCNCC5)c(Cl)c4)CC3)o2)c(C)c1. The van der Waals surface area contributed by atoms with Gasteiger partial charge in [-0.1, -0.05) is 35.4 Å². The first kappa shape index (κ1) is 25.8. The average Bonchev–Trinajstić information content (AvgIpc) is 3.35. The largest absolute Gasteiger partial charge is 0.489 e. The molecule has 0 bridgehead atoms. The van der Waals surface area contributed by atoms with Gasteiger partial charge in [0.2, 0.25) is 0 Å². The minimum Gasteiger partial charge on any atom is -0.489 e. The summed E-state index contributed by atoms with van der Waals surface area (Å²) in [6.45, 7) is 12.0. The number of halogens is 1. The first-order valence-electron chi connectivity index (χ1n) is 13.2. The molecule has 0 spiro atoms. The molecule has 0 saturated carbocycles. The molecule has 3 heterocycles. The maximum Gasteiger partial charge on any atom is 0.289 e. The molecule has 1 N–H and O–H groups in total. The van der Waals surface area contributed by atoms with E-state index in [0.717, 1.165) is 79.3 Å². The van der Waals surface area contributed by atoms with Crippen LogP contribution in [0, 0.1) is 20.8 Å². The Labute approximate surface area is 224 Å². The molecule has 2 aliphatic heterocycles. The summed E-state index contributed by atoms with van der Waals surface area (Å²) in [6, 6.07) is 14.1. The number of amides is 1. The van der Waals surface area contributed by atoms with Gasteiger partial charge in [0.25, 0.3) is 5.91 Å². The van der Waals surface area contributed by atoms with Crippen molar-refractivity contribution < 1.29 is 13.9 Å². The molecule has 0 aliphatic carbocycles. The molecule has 2 saturated heterocycles. The number of aryl methyl sites for hydroxylation is 3. The predicted octanol–water partition coefficient (Wildman–Crippen LogP) is 5.61.